The van der Waals surface area contributed by atoms with Crippen LogP contribution in [0.2, 0.25) is 0 Å². The van der Waals surface area contributed by atoms with Gasteiger partial charge in [0.1, 0.15) is 12.7 Å². The lowest BCUT2D eigenvalue weighted by molar-refractivity contribution is -0.143. The summed E-state index contributed by atoms with van der Waals surface area (Å²) < 4.78 is 18.0. The Kier molecular flexibility index (Phi) is 5.98. The predicted octanol–water partition coefficient (Wildman–Crippen LogP) is 1.55. The number of aryl methyl sites for hydroxylation is 2. The van der Waals surface area contributed by atoms with Crippen molar-refractivity contribution in [3.05, 3.63) is 47.3 Å². The highest BCUT2D eigenvalue weighted by atomic mass is 16.6. The average molecular weight is 385 g/mol. The Morgan fingerprint density at radius 1 is 1.32 bits per heavy atom. The van der Waals surface area contributed by atoms with E-state index >= 15 is 0 Å². The number of nitrogens with zero attached hydrogens (tertiary/aromatic N) is 2. The molecule has 0 radical (unpaired) electrons. The molecular formula is C20H23N3O5. The molecule has 28 heavy (non-hydrogen) atoms. The molecule has 2 heterocycles. The summed E-state index contributed by atoms with van der Waals surface area (Å²) >= 11 is 0. The van der Waals surface area contributed by atoms with Gasteiger partial charge in [0.15, 0.2) is 18.1 Å². The molecule has 1 aromatic carbocycles. The Morgan fingerprint density at radius 2 is 2.07 bits per heavy atom. The molecule has 0 saturated heterocycles. The van der Waals surface area contributed by atoms with E-state index < -0.39 is 11.9 Å². The maximum Gasteiger partial charge on any atom is 0.331 e. The van der Waals surface area contributed by atoms with Crippen molar-refractivity contribution < 1.29 is 23.8 Å². The Labute approximate surface area is 163 Å². The van der Waals surface area contributed by atoms with Crippen LogP contribution in [0.15, 0.2) is 30.3 Å². The van der Waals surface area contributed by atoms with E-state index in [0.717, 1.165) is 17.0 Å². The Bertz CT molecular complexity index is 903. The molecule has 0 unspecified atom stereocenters. The van der Waals surface area contributed by atoms with Gasteiger partial charge in [0.05, 0.1) is 12.2 Å². The van der Waals surface area contributed by atoms with Gasteiger partial charge in [0.2, 0.25) is 0 Å². The first kappa shape index (κ1) is 19.5. The van der Waals surface area contributed by atoms with Crippen LogP contribution >= 0.6 is 0 Å². The first-order valence-corrected chi connectivity index (χ1v) is 8.94. The Hall–Kier alpha value is -3.29. The molecule has 1 aliphatic heterocycles. The van der Waals surface area contributed by atoms with Crippen LogP contribution in [0.1, 0.15) is 17.0 Å². The zero-order chi connectivity index (χ0) is 20.1. The SMILES string of the molecule is Cc1nn(C)c(C)c1/C=C/C(=O)OCC(=O)NC[C@H]1COc2ccccc2O1. The van der Waals surface area contributed by atoms with E-state index in [0.29, 0.717) is 18.1 Å². The van der Waals surface area contributed by atoms with Crippen molar-refractivity contribution >= 4 is 18.0 Å². The molecule has 0 saturated carbocycles. The third kappa shape index (κ3) is 4.70. The molecule has 0 aliphatic carbocycles. The smallest absolute Gasteiger partial charge is 0.331 e. The number of esters is 1. The lowest BCUT2D eigenvalue weighted by atomic mass is 10.2. The van der Waals surface area contributed by atoms with Crippen LogP contribution in [0.25, 0.3) is 6.08 Å². The summed E-state index contributed by atoms with van der Waals surface area (Å²) in [5.74, 6) is 0.331. The number of amides is 1. The van der Waals surface area contributed by atoms with Crippen LogP contribution in [0.3, 0.4) is 0 Å². The molecule has 1 N–H and O–H groups in total. The van der Waals surface area contributed by atoms with E-state index in [4.69, 9.17) is 14.2 Å². The van der Waals surface area contributed by atoms with Crippen molar-refractivity contribution in [3.8, 4) is 11.5 Å². The number of aromatic nitrogens is 2. The molecule has 1 amide bonds. The number of carbonyl (C=O) groups is 2. The monoisotopic (exact) mass is 385 g/mol. The molecule has 3 rings (SSSR count). The number of carbonyl (C=O) groups excluding carboxylic acids is 2. The fraction of sp³-hybridized carbons (Fsp3) is 0.350. The minimum Gasteiger partial charge on any atom is -0.486 e. The van der Waals surface area contributed by atoms with E-state index in [2.05, 4.69) is 10.4 Å². The second-order valence-electron chi connectivity index (χ2n) is 6.45. The maximum atomic E-state index is 11.9. The van der Waals surface area contributed by atoms with Crippen LogP contribution in [-0.4, -0.2) is 47.5 Å². The van der Waals surface area contributed by atoms with Gasteiger partial charge in [0.25, 0.3) is 5.91 Å². The summed E-state index contributed by atoms with van der Waals surface area (Å²) in [4.78, 5) is 23.7. The van der Waals surface area contributed by atoms with Gasteiger partial charge in [-0.2, -0.15) is 5.10 Å². The van der Waals surface area contributed by atoms with Gasteiger partial charge in [-0.15, -0.1) is 0 Å². The van der Waals surface area contributed by atoms with Gasteiger partial charge >= 0.3 is 5.97 Å². The lowest BCUT2D eigenvalue weighted by Gasteiger charge is -2.26. The molecule has 8 nitrogen and oxygen atoms in total. The molecule has 0 fully saturated rings. The highest BCUT2D eigenvalue weighted by molar-refractivity contribution is 5.89. The summed E-state index contributed by atoms with van der Waals surface area (Å²) in [5.41, 5.74) is 2.62. The zero-order valence-electron chi connectivity index (χ0n) is 16.1. The second kappa shape index (κ2) is 8.60. The second-order valence-corrected chi connectivity index (χ2v) is 6.45. The van der Waals surface area contributed by atoms with Gasteiger partial charge in [0, 0.05) is 24.4 Å². The third-order valence-corrected chi connectivity index (χ3v) is 4.39. The molecule has 1 aliphatic rings. The van der Waals surface area contributed by atoms with E-state index in [1.807, 2.05) is 45.2 Å². The zero-order valence-corrected chi connectivity index (χ0v) is 16.1. The Balaban J connectivity index is 1.41. The van der Waals surface area contributed by atoms with Gasteiger partial charge < -0.3 is 19.5 Å². The van der Waals surface area contributed by atoms with Crippen LogP contribution in [0, 0.1) is 13.8 Å². The molecule has 8 heteroatoms. The first-order valence-electron chi connectivity index (χ1n) is 8.94. The highest BCUT2D eigenvalue weighted by Crippen LogP contribution is 2.30. The summed E-state index contributed by atoms with van der Waals surface area (Å²) in [6, 6.07) is 7.35. The largest absolute Gasteiger partial charge is 0.486 e. The standard InChI is InChI=1S/C20H23N3O5/c1-13-16(14(2)23(3)22-13)8-9-20(25)27-12-19(24)21-10-15-11-26-17-6-4-5-7-18(17)28-15/h4-9,15H,10-12H2,1-3H3,(H,21,24)/b9-8+/t15-/m0/s1. The van der Waals surface area contributed by atoms with Crippen molar-refractivity contribution in [3.63, 3.8) is 0 Å². The fourth-order valence-corrected chi connectivity index (χ4v) is 2.81. The van der Waals surface area contributed by atoms with Crippen molar-refractivity contribution in [1.82, 2.24) is 15.1 Å². The lowest BCUT2D eigenvalue weighted by Crippen LogP contribution is -2.42. The van der Waals surface area contributed by atoms with E-state index in [1.165, 1.54) is 6.08 Å². The van der Waals surface area contributed by atoms with E-state index in [-0.39, 0.29) is 19.3 Å². The number of fused-ring (bicyclic) bond motifs is 1. The van der Waals surface area contributed by atoms with E-state index in [9.17, 15) is 9.59 Å². The molecule has 1 atom stereocenters. The molecule has 2 aromatic rings. The predicted molar refractivity (Wildman–Crippen MR) is 102 cm³/mol. The third-order valence-electron chi connectivity index (χ3n) is 4.39. The first-order chi connectivity index (χ1) is 13.4. The number of rotatable bonds is 6. The van der Waals surface area contributed by atoms with Gasteiger partial charge in [-0.25, -0.2) is 4.79 Å². The highest BCUT2D eigenvalue weighted by Gasteiger charge is 2.21. The topological polar surface area (TPSA) is 91.7 Å². The number of benzene rings is 1. The number of hydrogen-bond donors (Lipinski definition) is 1. The summed E-state index contributed by atoms with van der Waals surface area (Å²) in [6.07, 6.45) is 2.63. The van der Waals surface area contributed by atoms with Crippen LogP contribution in [-0.2, 0) is 21.4 Å². The maximum absolute atomic E-state index is 11.9. The van der Waals surface area contributed by atoms with Crippen LogP contribution in [0.5, 0.6) is 11.5 Å². The van der Waals surface area contributed by atoms with Gasteiger partial charge in [-0.05, 0) is 32.1 Å². The molecule has 1 aromatic heterocycles. The molecule has 0 spiro atoms. The number of nitrogens with one attached hydrogen (secondary N) is 1. The minimum absolute atomic E-state index is 0.259. The summed E-state index contributed by atoms with van der Waals surface area (Å²) in [7, 11) is 1.84. The normalized spacial score (nSPS) is 15.5. The van der Waals surface area contributed by atoms with Gasteiger partial charge in [-0.3, -0.25) is 9.48 Å². The molecular weight excluding hydrogens is 362 g/mol. The fourth-order valence-electron chi connectivity index (χ4n) is 2.81. The van der Waals surface area contributed by atoms with Crippen LogP contribution in [0.4, 0.5) is 0 Å². The van der Waals surface area contributed by atoms with Gasteiger partial charge in [-0.1, -0.05) is 12.1 Å². The van der Waals surface area contributed by atoms with Crippen molar-refractivity contribution in [2.24, 2.45) is 7.05 Å². The van der Waals surface area contributed by atoms with Crippen molar-refractivity contribution in [1.29, 1.82) is 0 Å². The summed E-state index contributed by atoms with van der Waals surface area (Å²) in [6.45, 7) is 4.01. The number of hydrogen-bond acceptors (Lipinski definition) is 6. The van der Waals surface area contributed by atoms with Crippen molar-refractivity contribution in [2.45, 2.75) is 20.0 Å². The molecule has 0 bridgehead atoms. The van der Waals surface area contributed by atoms with Crippen molar-refractivity contribution in [2.75, 3.05) is 19.8 Å². The van der Waals surface area contributed by atoms with Crippen LogP contribution < -0.4 is 14.8 Å². The minimum atomic E-state index is -0.594. The Morgan fingerprint density at radius 3 is 2.79 bits per heavy atom. The molecule has 148 valence electrons. The quantitative estimate of drug-likeness (QED) is 0.599. The number of para-hydroxylation sites is 2. The number of ether oxygens (including phenoxy) is 3. The average Bonchev–Trinajstić information content (AvgIpc) is 2.94. The summed E-state index contributed by atoms with van der Waals surface area (Å²) in [5, 5.41) is 6.95. The van der Waals surface area contributed by atoms with E-state index in [1.54, 1.807) is 10.8 Å².